The molecule has 0 atom stereocenters. The third-order valence-corrected chi connectivity index (χ3v) is 3.49. The van der Waals surface area contributed by atoms with E-state index in [1.165, 1.54) is 17.3 Å². The van der Waals surface area contributed by atoms with Crippen molar-refractivity contribution in [1.29, 1.82) is 5.26 Å². The lowest BCUT2D eigenvalue weighted by Gasteiger charge is -2.20. The van der Waals surface area contributed by atoms with Crippen LogP contribution >= 0.6 is 11.8 Å². The minimum atomic E-state index is -0.726. The van der Waals surface area contributed by atoms with Crippen molar-refractivity contribution in [2.24, 2.45) is 5.73 Å². The van der Waals surface area contributed by atoms with Crippen LogP contribution in [0.5, 0.6) is 0 Å². The van der Waals surface area contributed by atoms with E-state index in [0.29, 0.717) is 5.03 Å². The molecule has 1 aromatic rings. The van der Waals surface area contributed by atoms with Crippen LogP contribution in [0.4, 0.5) is 5.69 Å². The maximum absolute atomic E-state index is 11.2. The quantitative estimate of drug-likeness (QED) is 0.659. The summed E-state index contributed by atoms with van der Waals surface area (Å²) in [6, 6.07) is 9.73. The van der Waals surface area contributed by atoms with Crippen LogP contribution in [0.2, 0.25) is 0 Å². The smallest absolute Gasteiger partial charge is 0.262 e. The van der Waals surface area contributed by atoms with E-state index < -0.39 is 5.91 Å². The number of nitrogens with zero attached hydrogens (tertiary/aromatic N) is 1. The highest BCUT2D eigenvalue weighted by atomic mass is 32.2. The molecule has 0 unspecified atom stereocenters. The van der Waals surface area contributed by atoms with Gasteiger partial charge in [-0.05, 0) is 29.4 Å². The first-order valence-corrected chi connectivity index (χ1v) is 7.37. The number of nitriles is 1. The van der Waals surface area contributed by atoms with Crippen molar-refractivity contribution in [2.45, 2.75) is 26.2 Å². The van der Waals surface area contributed by atoms with Gasteiger partial charge in [0.25, 0.3) is 5.91 Å². The molecule has 106 valence electrons. The number of benzene rings is 1. The molecule has 0 heterocycles. The summed E-state index contributed by atoms with van der Waals surface area (Å²) < 4.78 is 0. The van der Waals surface area contributed by atoms with Gasteiger partial charge in [0.15, 0.2) is 0 Å². The SMILES string of the molecule is CSC(Nc1cccc(C(C)(C)C)c1)=C(C#N)C(N)=O. The standard InChI is InChI=1S/C15H19N3OS/c1-15(2,3)10-6-5-7-11(8-10)18-14(20-4)12(9-16)13(17)19/h5-8,18H,1-4H3,(H2,17,19). The van der Waals surface area contributed by atoms with Crippen molar-refractivity contribution in [3.63, 3.8) is 0 Å². The largest absolute Gasteiger partial charge is 0.365 e. The van der Waals surface area contributed by atoms with Crippen LogP contribution in [-0.2, 0) is 10.2 Å². The molecule has 0 bridgehead atoms. The summed E-state index contributed by atoms with van der Waals surface area (Å²) in [4.78, 5) is 11.2. The molecule has 1 aromatic carbocycles. The molecule has 0 aliphatic rings. The Hall–Kier alpha value is -1.93. The van der Waals surface area contributed by atoms with Gasteiger partial charge in [0.2, 0.25) is 0 Å². The van der Waals surface area contributed by atoms with Gasteiger partial charge in [0.05, 0.1) is 5.03 Å². The molecule has 0 spiro atoms. The first-order valence-electron chi connectivity index (χ1n) is 6.15. The Morgan fingerprint density at radius 2 is 2.05 bits per heavy atom. The van der Waals surface area contributed by atoms with Gasteiger partial charge in [0.1, 0.15) is 11.6 Å². The van der Waals surface area contributed by atoms with Crippen molar-refractivity contribution < 1.29 is 4.79 Å². The summed E-state index contributed by atoms with van der Waals surface area (Å²) in [5, 5.41) is 12.6. The zero-order valence-electron chi connectivity index (χ0n) is 12.2. The number of carbonyl (C=O) groups is 1. The van der Waals surface area contributed by atoms with Gasteiger partial charge in [-0.15, -0.1) is 11.8 Å². The fourth-order valence-electron chi connectivity index (χ4n) is 1.63. The number of hydrogen-bond acceptors (Lipinski definition) is 4. The third kappa shape index (κ3) is 4.04. The molecule has 0 radical (unpaired) electrons. The highest BCUT2D eigenvalue weighted by molar-refractivity contribution is 8.02. The van der Waals surface area contributed by atoms with Crippen LogP contribution in [0.1, 0.15) is 26.3 Å². The first-order chi connectivity index (χ1) is 9.29. The van der Waals surface area contributed by atoms with Gasteiger partial charge < -0.3 is 11.1 Å². The first kappa shape index (κ1) is 16.1. The van der Waals surface area contributed by atoms with Gasteiger partial charge in [0, 0.05) is 5.69 Å². The lowest BCUT2D eigenvalue weighted by atomic mass is 9.87. The van der Waals surface area contributed by atoms with Gasteiger partial charge >= 0.3 is 0 Å². The number of hydrogen-bond donors (Lipinski definition) is 2. The van der Waals surface area contributed by atoms with Crippen molar-refractivity contribution in [3.05, 3.63) is 40.4 Å². The van der Waals surface area contributed by atoms with Crippen LogP contribution in [0.15, 0.2) is 34.9 Å². The predicted octanol–water partition coefficient (Wildman–Crippen LogP) is 2.98. The molecular weight excluding hydrogens is 270 g/mol. The Bertz CT molecular complexity index is 580. The van der Waals surface area contributed by atoms with Gasteiger partial charge in [-0.2, -0.15) is 5.26 Å². The van der Waals surface area contributed by atoms with Crippen molar-refractivity contribution in [2.75, 3.05) is 11.6 Å². The highest BCUT2D eigenvalue weighted by Crippen LogP contribution is 2.27. The van der Waals surface area contributed by atoms with Crippen molar-refractivity contribution >= 4 is 23.4 Å². The zero-order chi connectivity index (χ0) is 15.3. The molecule has 4 nitrogen and oxygen atoms in total. The average Bonchev–Trinajstić information content (AvgIpc) is 2.37. The molecular formula is C15H19N3OS. The predicted molar refractivity (Wildman–Crippen MR) is 84.1 cm³/mol. The lowest BCUT2D eigenvalue weighted by Crippen LogP contribution is -2.17. The van der Waals surface area contributed by atoms with Crippen LogP contribution in [0.3, 0.4) is 0 Å². The average molecular weight is 289 g/mol. The fraction of sp³-hybridized carbons (Fsp3) is 0.333. The number of thioether (sulfide) groups is 1. The normalized spacial score (nSPS) is 12.3. The molecule has 3 N–H and O–H groups in total. The van der Waals surface area contributed by atoms with E-state index in [1.807, 2.05) is 30.3 Å². The van der Waals surface area contributed by atoms with E-state index in [4.69, 9.17) is 11.0 Å². The maximum Gasteiger partial charge on any atom is 0.262 e. The Balaban J connectivity index is 3.15. The Labute approximate surface area is 124 Å². The number of primary amides is 1. The molecule has 0 saturated heterocycles. The van der Waals surface area contributed by atoms with E-state index in [-0.39, 0.29) is 11.0 Å². The van der Waals surface area contributed by atoms with Crippen LogP contribution in [0.25, 0.3) is 0 Å². The zero-order valence-corrected chi connectivity index (χ0v) is 13.0. The number of carbonyl (C=O) groups excluding carboxylic acids is 1. The molecule has 0 saturated carbocycles. The van der Waals surface area contributed by atoms with E-state index in [0.717, 1.165) is 5.69 Å². The summed E-state index contributed by atoms with van der Waals surface area (Å²) in [5.41, 5.74) is 7.17. The number of rotatable bonds is 4. The van der Waals surface area contributed by atoms with Crippen LogP contribution in [-0.4, -0.2) is 12.2 Å². The van der Waals surface area contributed by atoms with Gasteiger partial charge in [-0.25, -0.2) is 0 Å². The Kier molecular flexibility index (Phi) is 5.23. The molecule has 0 aliphatic carbocycles. The number of nitrogens with two attached hydrogens (primary N) is 1. The van der Waals surface area contributed by atoms with E-state index in [1.54, 1.807) is 6.26 Å². The topological polar surface area (TPSA) is 78.9 Å². The van der Waals surface area contributed by atoms with E-state index >= 15 is 0 Å². The molecule has 1 rings (SSSR count). The van der Waals surface area contributed by atoms with E-state index in [9.17, 15) is 4.79 Å². The summed E-state index contributed by atoms with van der Waals surface area (Å²) in [7, 11) is 0. The fourth-order valence-corrected chi connectivity index (χ4v) is 2.20. The Morgan fingerprint density at radius 3 is 2.50 bits per heavy atom. The minimum Gasteiger partial charge on any atom is -0.365 e. The maximum atomic E-state index is 11.2. The minimum absolute atomic E-state index is 0.0304. The number of anilines is 1. The van der Waals surface area contributed by atoms with Gasteiger partial charge in [-0.3, -0.25) is 4.79 Å². The van der Waals surface area contributed by atoms with Crippen LogP contribution < -0.4 is 11.1 Å². The molecule has 0 aliphatic heterocycles. The van der Waals surface area contributed by atoms with Gasteiger partial charge in [-0.1, -0.05) is 32.9 Å². The molecule has 20 heavy (non-hydrogen) atoms. The third-order valence-electron chi connectivity index (χ3n) is 2.78. The van der Waals surface area contributed by atoms with Crippen molar-refractivity contribution in [1.82, 2.24) is 0 Å². The van der Waals surface area contributed by atoms with E-state index in [2.05, 4.69) is 26.1 Å². The molecule has 5 heteroatoms. The Morgan fingerprint density at radius 1 is 1.40 bits per heavy atom. The monoisotopic (exact) mass is 289 g/mol. The summed E-state index contributed by atoms with van der Waals surface area (Å²) in [6.45, 7) is 6.38. The van der Waals surface area contributed by atoms with Crippen LogP contribution in [0, 0.1) is 11.3 Å². The number of nitrogens with one attached hydrogen (secondary N) is 1. The lowest BCUT2D eigenvalue weighted by molar-refractivity contribution is -0.114. The summed E-state index contributed by atoms with van der Waals surface area (Å²) >= 11 is 1.28. The molecule has 1 amide bonds. The summed E-state index contributed by atoms with van der Waals surface area (Å²) in [6.07, 6.45) is 1.79. The highest BCUT2D eigenvalue weighted by Gasteiger charge is 2.15. The second-order valence-electron chi connectivity index (χ2n) is 5.34. The summed E-state index contributed by atoms with van der Waals surface area (Å²) in [5.74, 6) is -0.726. The molecule has 0 aromatic heterocycles. The second-order valence-corrected chi connectivity index (χ2v) is 6.16. The van der Waals surface area contributed by atoms with Crippen molar-refractivity contribution in [3.8, 4) is 6.07 Å². The molecule has 0 fully saturated rings. The number of amides is 1. The second kappa shape index (κ2) is 6.49.